The lowest BCUT2D eigenvalue weighted by molar-refractivity contribution is 0.412. The first-order valence-electron chi connectivity index (χ1n) is 11.6. The molecule has 0 unspecified atom stereocenters. The van der Waals surface area contributed by atoms with Crippen LogP contribution in [-0.4, -0.2) is 36.0 Å². The molecule has 37 heavy (non-hydrogen) atoms. The summed E-state index contributed by atoms with van der Waals surface area (Å²) in [5.74, 6) is 1.23. The van der Waals surface area contributed by atoms with E-state index in [2.05, 4.69) is 10.2 Å². The highest BCUT2D eigenvalue weighted by Crippen LogP contribution is 2.34. The van der Waals surface area contributed by atoms with Crippen LogP contribution in [0.15, 0.2) is 90.3 Å². The van der Waals surface area contributed by atoms with E-state index in [0.29, 0.717) is 34.5 Å². The first kappa shape index (κ1) is 25.2. The largest absolute Gasteiger partial charge is 0.495 e. The number of nitrogens with zero attached hydrogens (tertiary/aromatic N) is 3. The van der Waals surface area contributed by atoms with Gasteiger partial charge in [-0.2, -0.15) is 0 Å². The Morgan fingerprint density at radius 3 is 2.41 bits per heavy atom. The van der Waals surface area contributed by atoms with Crippen molar-refractivity contribution in [3.05, 3.63) is 107 Å². The van der Waals surface area contributed by atoms with Gasteiger partial charge < -0.3 is 4.74 Å². The van der Waals surface area contributed by atoms with Gasteiger partial charge in [-0.3, -0.25) is 4.57 Å². The van der Waals surface area contributed by atoms with Crippen molar-refractivity contribution < 1.29 is 13.2 Å². The van der Waals surface area contributed by atoms with Crippen LogP contribution >= 0.6 is 22.9 Å². The molecule has 2 heterocycles. The van der Waals surface area contributed by atoms with E-state index in [1.54, 1.807) is 23.8 Å². The molecular formula is C28H24ClN3O3S2. The van der Waals surface area contributed by atoms with E-state index >= 15 is 0 Å². The van der Waals surface area contributed by atoms with Crippen molar-refractivity contribution in [2.24, 2.45) is 0 Å². The lowest BCUT2D eigenvalue weighted by Gasteiger charge is -2.16. The molecule has 0 N–H and O–H groups in total. The number of aromatic nitrogens is 3. The molecule has 0 saturated heterocycles. The minimum Gasteiger partial charge on any atom is -0.495 e. The van der Waals surface area contributed by atoms with Crippen LogP contribution in [0.4, 0.5) is 0 Å². The van der Waals surface area contributed by atoms with E-state index in [1.165, 1.54) is 11.3 Å². The minimum atomic E-state index is -3.50. The molecule has 0 aliphatic rings. The van der Waals surface area contributed by atoms with Crippen LogP contribution in [0.25, 0.3) is 27.5 Å². The maximum Gasteiger partial charge on any atom is 0.178 e. The van der Waals surface area contributed by atoms with Crippen molar-refractivity contribution in [1.29, 1.82) is 0 Å². The van der Waals surface area contributed by atoms with E-state index in [1.807, 2.05) is 78.2 Å². The number of benzene rings is 3. The molecule has 0 fully saturated rings. The van der Waals surface area contributed by atoms with Gasteiger partial charge in [-0.25, -0.2) is 8.42 Å². The topological polar surface area (TPSA) is 74.1 Å². The molecule has 0 aliphatic heterocycles. The average Bonchev–Trinajstić information content (AvgIpc) is 3.58. The third kappa shape index (κ3) is 5.77. The van der Waals surface area contributed by atoms with Gasteiger partial charge in [-0.05, 0) is 58.8 Å². The number of ether oxygens (including phenoxy) is 1. The molecule has 6 nitrogen and oxygen atoms in total. The summed E-state index contributed by atoms with van der Waals surface area (Å²) in [5, 5.41) is 11.3. The van der Waals surface area contributed by atoms with E-state index in [0.717, 1.165) is 21.6 Å². The zero-order valence-electron chi connectivity index (χ0n) is 20.0. The highest BCUT2D eigenvalue weighted by Gasteiger charge is 2.24. The molecule has 0 radical (unpaired) electrons. The summed E-state index contributed by atoms with van der Waals surface area (Å²) in [6, 6.07) is 26.9. The highest BCUT2D eigenvalue weighted by molar-refractivity contribution is 7.90. The Bertz CT molecular complexity index is 1600. The Kier molecular flexibility index (Phi) is 7.41. The lowest BCUT2D eigenvalue weighted by Crippen LogP contribution is -2.15. The highest BCUT2D eigenvalue weighted by atomic mass is 35.5. The van der Waals surface area contributed by atoms with Crippen molar-refractivity contribution in [3.8, 4) is 33.3 Å². The predicted molar refractivity (Wildman–Crippen MR) is 149 cm³/mol. The number of sulfone groups is 1. The smallest absolute Gasteiger partial charge is 0.178 e. The van der Waals surface area contributed by atoms with E-state index in [4.69, 9.17) is 16.3 Å². The summed E-state index contributed by atoms with van der Waals surface area (Å²) < 4.78 is 34.0. The molecule has 5 aromatic rings. The molecule has 188 valence electrons. The molecule has 0 spiro atoms. The molecule has 0 amide bonds. The van der Waals surface area contributed by atoms with Gasteiger partial charge in [0.2, 0.25) is 0 Å². The van der Waals surface area contributed by atoms with Crippen molar-refractivity contribution in [1.82, 2.24) is 14.8 Å². The number of hydrogen-bond acceptors (Lipinski definition) is 6. The first-order valence-corrected chi connectivity index (χ1v) is 14.7. The number of hydrogen-bond donors (Lipinski definition) is 0. The maximum absolute atomic E-state index is 13.2. The quantitative estimate of drug-likeness (QED) is 0.210. The number of aryl methyl sites for hydroxylation is 1. The summed E-state index contributed by atoms with van der Waals surface area (Å²) in [6.07, 6.45) is 0.387. The maximum atomic E-state index is 13.2. The summed E-state index contributed by atoms with van der Waals surface area (Å²) >= 11 is 7.47. The van der Waals surface area contributed by atoms with Crippen LogP contribution in [0.3, 0.4) is 0 Å². The van der Waals surface area contributed by atoms with Gasteiger partial charge in [-0.1, -0.05) is 66.2 Å². The van der Waals surface area contributed by atoms with Crippen LogP contribution in [0.5, 0.6) is 5.75 Å². The van der Waals surface area contributed by atoms with Crippen LogP contribution in [0, 0.1) is 0 Å². The molecule has 0 bridgehead atoms. The van der Waals surface area contributed by atoms with Gasteiger partial charge >= 0.3 is 0 Å². The van der Waals surface area contributed by atoms with Crippen LogP contribution in [0.2, 0.25) is 5.02 Å². The fourth-order valence-corrected chi connectivity index (χ4v) is 6.19. The molecule has 0 aliphatic carbocycles. The van der Waals surface area contributed by atoms with Gasteiger partial charge in [-0.15, -0.1) is 21.5 Å². The molecule has 9 heteroatoms. The van der Waals surface area contributed by atoms with Crippen LogP contribution in [0.1, 0.15) is 11.4 Å². The minimum absolute atomic E-state index is 0.0168. The Morgan fingerprint density at radius 2 is 1.70 bits per heavy atom. The fourth-order valence-electron chi connectivity index (χ4n) is 4.10. The van der Waals surface area contributed by atoms with Crippen molar-refractivity contribution in [2.75, 3.05) is 12.9 Å². The standard InChI is InChI=1S/C28H24ClN3O3S2/c1-35-25-14-11-22(21-6-3-2-4-7-21)18-24(25)32-27(30-31-28(32)26-8-5-16-36-26)19-37(33,34)17-15-20-9-12-23(29)13-10-20/h2-14,16,18H,15,17,19H2,1H3. The number of thiophene rings is 1. The summed E-state index contributed by atoms with van der Waals surface area (Å²) in [7, 11) is -1.91. The molecular weight excluding hydrogens is 526 g/mol. The van der Waals surface area contributed by atoms with Gasteiger partial charge in [0, 0.05) is 5.02 Å². The molecule has 2 aromatic heterocycles. The third-order valence-corrected chi connectivity index (χ3v) is 8.60. The molecule has 5 rings (SSSR count). The Morgan fingerprint density at radius 1 is 0.919 bits per heavy atom. The lowest BCUT2D eigenvalue weighted by atomic mass is 10.0. The normalized spacial score (nSPS) is 11.5. The molecule has 3 aromatic carbocycles. The monoisotopic (exact) mass is 549 g/mol. The second kappa shape index (κ2) is 10.9. The van der Waals surface area contributed by atoms with E-state index < -0.39 is 9.84 Å². The summed E-state index contributed by atoms with van der Waals surface area (Å²) in [5.41, 5.74) is 3.60. The van der Waals surface area contributed by atoms with Gasteiger partial charge in [0.15, 0.2) is 21.5 Å². The number of methoxy groups -OCH3 is 1. The second-order valence-corrected chi connectivity index (χ2v) is 12.0. The van der Waals surface area contributed by atoms with E-state index in [-0.39, 0.29) is 11.5 Å². The SMILES string of the molecule is COc1ccc(-c2ccccc2)cc1-n1c(CS(=O)(=O)CCc2ccc(Cl)cc2)nnc1-c1cccs1. The Balaban J connectivity index is 1.55. The van der Waals surface area contributed by atoms with Gasteiger partial charge in [0.1, 0.15) is 11.5 Å². The van der Waals surface area contributed by atoms with Crippen molar-refractivity contribution in [2.45, 2.75) is 12.2 Å². The van der Waals surface area contributed by atoms with Crippen molar-refractivity contribution in [3.63, 3.8) is 0 Å². The Hall–Kier alpha value is -3.46. The van der Waals surface area contributed by atoms with Crippen molar-refractivity contribution >= 4 is 32.8 Å². The van der Waals surface area contributed by atoms with Gasteiger partial charge in [0.05, 0.1) is 23.4 Å². The third-order valence-electron chi connectivity index (χ3n) is 5.96. The number of halogens is 1. The second-order valence-electron chi connectivity index (χ2n) is 8.47. The summed E-state index contributed by atoms with van der Waals surface area (Å²) in [4.78, 5) is 0.879. The zero-order valence-corrected chi connectivity index (χ0v) is 22.4. The van der Waals surface area contributed by atoms with Crippen LogP contribution in [-0.2, 0) is 22.0 Å². The summed E-state index contributed by atoms with van der Waals surface area (Å²) in [6.45, 7) is 0. The predicted octanol–water partition coefficient (Wildman–Crippen LogP) is 6.48. The Labute approximate surface area is 225 Å². The first-order chi connectivity index (χ1) is 17.9. The number of rotatable bonds is 9. The molecule has 0 saturated carbocycles. The van der Waals surface area contributed by atoms with Crippen LogP contribution < -0.4 is 4.74 Å². The van der Waals surface area contributed by atoms with Gasteiger partial charge in [0.25, 0.3) is 0 Å². The molecule has 0 atom stereocenters. The average molecular weight is 550 g/mol. The van der Waals surface area contributed by atoms with E-state index in [9.17, 15) is 8.42 Å². The fraction of sp³-hybridized carbons (Fsp3) is 0.143. The zero-order chi connectivity index (χ0) is 25.8.